The van der Waals surface area contributed by atoms with Gasteiger partial charge in [0.15, 0.2) is 0 Å². The van der Waals surface area contributed by atoms with Gasteiger partial charge in [-0.3, -0.25) is 14.9 Å². The molecular formula is C14H16N4O2S. The van der Waals surface area contributed by atoms with E-state index in [9.17, 15) is 9.59 Å². The van der Waals surface area contributed by atoms with Crippen LogP contribution in [0.25, 0.3) is 10.2 Å². The summed E-state index contributed by atoms with van der Waals surface area (Å²) in [5, 5.41) is 6.54. The molecule has 1 aliphatic rings. The Morgan fingerprint density at radius 1 is 1.48 bits per heavy atom. The lowest BCUT2D eigenvalue weighted by molar-refractivity contribution is -0.134. The first-order valence-electron chi connectivity index (χ1n) is 6.73. The number of thiazole rings is 1. The maximum absolute atomic E-state index is 12.3. The molecular weight excluding hydrogens is 288 g/mol. The molecule has 1 aliphatic heterocycles. The smallest absolute Gasteiger partial charge is 0.241 e. The number of hydrogen-bond donors (Lipinski definition) is 2. The minimum atomic E-state index is -0.359. The number of hydrogen-bond acceptors (Lipinski definition) is 5. The van der Waals surface area contributed by atoms with Crippen LogP contribution in [0.5, 0.6) is 0 Å². The molecule has 1 atom stereocenters. The molecule has 6 nitrogen and oxygen atoms in total. The Labute approximate surface area is 126 Å². The first-order valence-corrected chi connectivity index (χ1v) is 7.54. The van der Waals surface area contributed by atoms with E-state index in [1.54, 1.807) is 23.3 Å². The minimum Gasteiger partial charge on any atom is -0.353 e. The van der Waals surface area contributed by atoms with Crippen molar-refractivity contribution < 1.29 is 9.59 Å². The molecule has 0 aliphatic carbocycles. The number of fused-ring (bicyclic) bond motifs is 1. The van der Waals surface area contributed by atoms with Crippen LogP contribution in [0.3, 0.4) is 0 Å². The van der Waals surface area contributed by atoms with Crippen LogP contribution in [0.2, 0.25) is 0 Å². The fraction of sp³-hybridized carbons (Fsp3) is 0.357. The average molecular weight is 304 g/mol. The molecule has 2 N–H and O–H groups in total. The van der Waals surface area contributed by atoms with E-state index < -0.39 is 0 Å². The van der Waals surface area contributed by atoms with Crippen molar-refractivity contribution in [1.29, 1.82) is 0 Å². The molecule has 3 rings (SSSR count). The molecule has 0 saturated carbocycles. The van der Waals surface area contributed by atoms with Crippen molar-refractivity contribution in [2.45, 2.75) is 12.6 Å². The predicted molar refractivity (Wildman–Crippen MR) is 80.9 cm³/mol. The zero-order chi connectivity index (χ0) is 14.8. The quantitative estimate of drug-likeness (QED) is 0.858. The second kappa shape index (κ2) is 5.79. The lowest BCUT2D eigenvalue weighted by Crippen LogP contribution is -2.58. The molecule has 2 aromatic rings. The number of nitrogens with zero attached hydrogens (tertiary/aromatic N) is 2. The van der Waals surface area contributed by atoms with E-state index in [4.69, 9.17) is 0 Å². The summed E-state index contributed by atoms with van der Waals surface area (Å²) in [4.78, 5) is 29.6. The fourth-order valence-electron chi connectivity index (χ4n) is 2.28. The van der Waals surface area contributed by atoms with Crippen LogP contribution < -0.4 is 10.6 Å². The maximum Gasteiger partial charge on any atom is 0.241 e. The van der Waals surface area contributed by atoms with Crippen molar-refractivity contribution in [3.63, 3.8) is 0 Å². The zero-order valence-corrected chi connectivity index (χ0v) is 12.4. The standard InChI is InChI=1S/C14H16N4O2S/c1-18(14(20)10-6-16-12(19)7-15-10)8-13-17-9-4-2-3-5-11(9)21-13/h2-5,10,15H,6-8H2,1H3,(H,16,19). The van der Waals surface area contributed by atoms with Gasteiger partial charge in [0.05, 0.1) is 23.3 Å². The second-order valence-electron chi connectivity index (χ2n) is 5.01. The van der Waals surface area contributed by atoms with Gasteiger partial charge in [-0.25, -0.2) is 4.98 Å². The fourth-order valence-corrected chi connectivity index (χ4v) is 3.30. The van der Waals surface area contributed by atoms with Gasteiger partial charge < -0.3 is 10.2 Å². The van der Waals surface area contributed by atoms with E-state index in [1.165, 1.54) is 0 Å². The summed E-state index contributed by atoms with van der Waals surface area (Å²) in [5.74, 6) is -0.109. The molecule has 1 unspecified atom stereocenters. The molecule has 7 heteroatoms. The van der Waals surface area contributed by atoms with Crippen LogP contribution in [0.15, 0.2) is 24.3 Å². The molecule has 110 valence electrons. The number of aromatic nitrogens is 1. The number of benzene rings is 1. The largest absolute Gasteiger partial charge is 0.353 e. The molecule has 1 aromatic heterocycles. The number of carbonyl (C=O) groups excluding carboxylic acids is 2. The van der Waals surface area contributed by atoms with Crippen LogP contribution in [-0.4, -0.2) is 47.9 Å². The number of nitrogens with one attached hydrogen (secondary N) is 2. The van der Waals surface area contributed by atoms with Crippen LogP contribution in [0.1, 0.15) is 5.01 Å². The van der Waals surface area contributed by atoms with Gasteiger partial charge in [-0.2, -0.15) is 0 Å². The highest BCUT2D eigenvalue weighted by Crippen LogP contribution is 2.22. The van der Waals surface area contributed by atoms with Gasteiger partial charge in [0.1, 0.15) is 11.0 Å². The Bertz CT molecular complexity index is 641. The number of likely N-dealkylation sites (N-methyl/N-ethyl adjacent to an activating group) is 1. The van der Waals surface area contributed by atoms with E-state index in [1.807, 2.05) is 24.3 Å². The molecule has 0 radical (unpaired) electrons. The second-order valence-corrected chi connectivity index (χ2v) is 6.12. The molecule has 1 saturated heterocycles. The summed E-state index contributed by atoms with van der Waals surface area (Å²) in [6.07, 6.45) is 0. The van der Waals surface area contributed by atoms with E-state index in [-0.39, 0.29) is 24.4 Å². The van der Waals surface area contributed by atoms with Gasteiger partial charge in [-0.15, -0.1) is 11.3 Å². The maximum atomic E-state index is 12.3. The molecule has 1 fully saturated rings. The molecule has 0 bridgehead atoms. The SMILES string of the molecule is CN(Cc1nc2ccccc2s1)C(=O)C1CNC(=O)CN1. The molecule has 21 heavy (non-hydrogen) atoms. The number of para-hydroxylation sites is 1. The topological polar surface area (TPSA) is 74.3 Å². The third-order valence-electron chi connectivity index (χ3n) is 3.40. The molecule has 1 aromatic carbocycles. The number of carbonyl (C=O) groups is 2. The Morgan fingerprint density at radius 3 is 3.00 bits per heavy atom. The lowest BCUT2D eigenvalue weighted by Gasteiger charge is -2.27. The Kier molecular flexibility index (Phi) is 3.85. The summed E-state index contributed by atoms with van der Waals surface area (Å²) >= 11 is 1.59. The van der Waals surface area contributed by atoms with Gasteiger partial charge >= 0.3 is 0 Å². The normalized spacial score (nSPS) is 18.5. The third kappa shape index (κ3) is 3.03. The highest BCUT2D eigenvalue weighted by Gasteiger charge is 2.26. The van der Waals surface area contributed by atoms with Gasteiger partial charge in [0, 0.05) is 13.6 Å². The lowest BCUT2D eigenvalue weighted by atomic mass is 10.2. The Morgan fingerprint density at radius 2 is 2.29 bits per heavy atom. The van der Waals surface area contributed by atoms with Gasteiger partial charge in [0.25, 0.3) is 0 Å². The van der Waals surface area contributed by atoms with Crippen molar-refractivity contribution in [1.82, 2.24) is 20.5 Å². The van der Waals surface area contributed by atoms with Crippen molar-refractivity contribution in [3.05, 3.63) is 29.3 Å². The van der Waals surface area contributed by atoms with Crippen LogP contribution >= 0.6 is 11.3 Å². The summed E-state index contributed by atoms with van der Waals surface area (Å²) in [7, 11) is 1.76. The summed E-state index contributed by atoms with van der Waals surface area (Å²) in [5.41, 5.74) is 0.960. The summed E-state index contributed by atoms with van der Waals surface area (Å²) in [6, 6.07) is 7.57. The van der Waals surface area contributed by atoms with Crippen molar-refractivity contribution >= 4 is 33.4 Å². The molecule has 2 heterocycles. The Hall–Kier alpha value is -1.99. The van der Waals surface area contributed by atoms with Gasteiger partial charge in [0.2, 0.25) is 11.8 Å². The van der Waals surface area contributed by atoms with Crippen LogP contribution in [0, 0.1) is 0 Å². The summed E-state index contributed by atoms with van der Waals surface area (Å²) in [6.45, 7) is 0.998. The van der Waals surface area contributed by atoms with Crippen LogP contribution in [0.4, 0.5) is 0 Å². The monoisotopic (exact) mass is 304 g/mol. The third-order valence-corrected chi connectivity index (χ3v) is 4.42. The first-order chi connectivity index (χ1) is 10.1. The van der Waals surface area contributed by atoms with Crippen molar-refractivity contribution in [2.24, 2.45) is 0 Å². The van der Waals surface area contributed by atoms with Gasteiger partial charge in [-0.05, 0) is 12.1 Å². The molecule has 2 amide bonds. The number of piperazine rings is 1. The predicted octanol–water partition coefficient (Wildman–Crippen LogP) is 0.343. The summed E-state index contributed by atoms with van der Waals surface area (Å²) < 4.78 is 1.12. The Balaban J connectivity index is 1.66. The van der Waals surface area contributed by atoms with E-state index in [0.29, 0.717) is 13.1 Å². The van der Waals surface area contributed by atoms with Crippen LogP contribution in [-0.2, 0) is 16.1 Å². The van der Waals surface area contributed by atoms with Crippen molar-refractivity contribution in [2.75, 3.05) is 20.1 Å². The molecule has 0 spiro atoms. The van der Waals surface area contributed by atoms with Crippen molar-refractivity contribution in [3.8, 4) is 0 Å². The van der Waals surface area contributed by atoms with Gasteiger partial charge in [-0.1, -0.05) is 12.1 Å². The number of rotatable bonds is 3. The minimum absolute atomic E-state index is 0.0331. The zero-order valence-electron chi connectivity index (χ0n) is 11.6. The van der Waals surface area contributed by atoms with E-state index in [2.05, 4.69) is 15.6 Å². The highest BCUT2D eigenvalue weighted by molar-refractivity contribution is 7.18. The number of amides is 2. The van der Waals surface area contributed by atoms with E-state index in [0.717, 1.165) is 15.2 Å². The average Bonchev–Trinajstić information content (AvgIpc) is 2.89. The van der Waals surface area contributed by atoms with E-state index >= 15 is 0 Å². The highest BCUT2D eigenvalue weighted by atomic mass is 32.1. The first kappa shape index (κ1) is 14.0.